The summed E-state index contributed by atoms with van der Waals surface area (Å²) >= 11 is 1.32. The Bertz CT molecular complexity index is 1210. The first-order valence-corrected chi connectivity index (χ1v) is 9.91. The topological polar surface area (TPSA) is 80.8 Å². The van der Waals surface area contributed by atoms with Gasteiger partial charge in [-0.15, -0.1) is 0 Å². The Hall–Kier alpha value is -3.52. The number of rotatable bonds is 5. The van der Waals surface area contributed by atoms with Crippen LogP contribution >= 0.6 is 11.3 Å². The van der Waals surface area contributed by atoms with Gasteiger partial charge in [-0.2, -0.15) is 0 Å². The van der Waals surface area contributed by atoms with Crippen LogP contribution in [0.1, 0.15) is 22.3 Å². The second-order valence-electron chi connectivity index (χ2n) is 6.49. The van der Waals surface area contributed by atoms with Crippen molar-refractivity contribution in [3.63, 3.8) is 0 Å². The minimum atomic E-state index is -0.424. The number of benzene rings is 2. The molecule has 8 heteroatoms. The molecule has 1 amide bonds. The van der Waals surface area contributed by atoms with Crippen LogP contribution in [0.3, 0.4) is 0 Å². The molecule has 0 saturated heterocycles. The molecule has 2 aromatic carbocycles. The average molecular weight is 406 g/mol. The van der Waals surface area contributed by atoms with E-state index >= 15 is 0 Å². The number of para-hydroxylation sites is 1. The van der Waals surface area contributed by atoms with Gasteiger partial charge in [0.2, 0.25) is 0 Å². The molecule has 0 aliphatic heterocycles. The number of nitrogens with zero attached hydrogens (tertiary/aromatic N) is 4. The van der Waals surface area contributed by atoms with Crippen molar-refractivity contribution in [3.05, 3.63) is 81.5 Å². The summed E-state index contributed by atoms with van der Waals surface area (Å²) in [5.41, 5.74) is 2.98. The third-order valence-corrected chi connectivity index (χ3v) is 5.88. The van der Waals surface area contributed by atoms with E-state index in [2.05, 4.69) is 4.98 Å². The molecule has 0 aliphatic rings. The van der Waals surface area contributed by atoms with Gasteiger partial charge in [-0.3, -0.25) is 19.3 Å². The Morgan fingerprint density at radius 3 is 2.62 bits per heavy atom. The Morgan fingerprint density at radius 1 is 1.21 bits per heavy atom. The van der Waals surface area contributed by atoms with Gasteiger partial charge in [0, 0.05) is 41.8 Å². The summed E-state index contributed by atoms with van der Waals surface area (Å²) < 4.78 is 1.87. The highest BCUT2D eigenvalue weighted by Crippen LogP contribution is 2.30. The van der Waals surface area contributed by atoms with Crippen LogP contribution < -0.4 is 4.90 Å². The molecule has 7 nitrogen and oxygen atoms in total. The van der Waals surface area contributed by atoms with E-state index in [4.69, 9.17) is 0 Å². The molecule has 0 saturated carbocycles. The third kappa shape index (κ3) is 3.38. The molecule has 0 spiro atoms. The second-order valence-corrected chi connectivity index (χ2v) is 7.47. The summed E-state index contributed by atoms with van der Waals surface area (Å²) in [7, 11) is 0. The molecule has 0 fully saturated rings. The highest BCUT2D eigenvalue weighted by atomic mass is 32.1. The van der Waals surface area contributed by atoms with Crippen LogP contribution in [0.2, 0.25) is 0 Å². The normalized spacial score (nSPS) is 11.0. The summed E-state index contributed by atoms with van der Waals surface area (Å²) in [6.45, 7) is 4.38. The van der Waals surface area contributed by atoms with Crippen LogP contribution in [0.5, 0.6) is 0 Å². The van der Waals surface area contributed by atoms with Crippen LogP contribution in [0.15, 0.2) is 60.8 Å². The van der Waals surface area contributed by atoms with Crippen molar-refractivity contribution in [3.8, 4) is 11.3 Å². The maximum absolute atomic E-state index is 13.2. The molecule has 0 atom stereocenters. The SMILES string of the molecule is CCN(C(=O)c1sc2nc(-c3cccc([N+](=O)[O-])c3)cn2c1C)c1ccccc1. The zero-order chi connectivity index (χ0) is 20.5. The molecular formula is C21H18N4O3S. The fraction of sp³-hybridized carbons (Fsp3) is 0.143. The fourth-order valence-electron chi connectivity index (χ4n) is 3.24. The smallest absolute Gasteiger partial charge is 0.270 e. The van der Waals surface area contributed by atoms with Gasteiger partial charge in [0.15, 0.2) is 4.96 Å². The number of thiazole rings is 1. The number of imidazole rings is 1. The highest BCUT2D eigenvalue weighted by Gasteiger charge is 2.23. The Kier molecular flexibility index (Phi) is 4.85. The van der Waals surface area contributed by atoms with Gasteiger partial charge in [-0.25, -0.2) is 4.98 Å². The molecule has 0 aliphatic carbocycles. The fourth-order valence-corrected chi connectivity index (χ4v) is 4.30. The average Bonchev–Trinajstić information content (AvgIpc) is 3.29. The number of carbonyl (C=O) groups excluding carboxylic acids is 1. The van der Waals surface area contributed by atoms with Crippen LogP contribution in [-0.2, 0) is 0 Å². The number of nitro groups is 1. The number of amides is 1. The lowest BCUT2D eigenvalue weighted by Gasteiger charge is -2.20. The molecule has 0 radical (unpaired) electrons. The number of aryl methyl sites for hydroxylation is 1. The lowest BCUT2D eigenvalue weighted by atomic mass is 10.1. The van der Waals surface area contributed by atoms with Gasteiger partial charge >= 0.3 is 0 Å². The first kappa shape index (κ1) is 18.8. The molecule has 2 heterocycles. The van der Waals surface area contributed by atoms with E-state index in [9.17, 15) is 14.9 Å². The van der Waals surface area contributed by atoms with E-state index in [1.807, 2.05) is 54.8 Å². The number of non-ortho nitro benzene ring substituents is 1. The summed E-state index contributed by atoms with van der Waals surface area (Å²) in [5.74, 6) is -0.0661. The third-order valence-electron chi connectivity index (χ3n) is 4.73. The van der Waals surface area contributed by atoms with Crippen LogP contribution in [-0.4, -0.2) is 26.8 Å². The molecule has 0 N–H and O–H groups in total. The highest BCUT2D eigenvalue weighted by molar-refractivity contribution is 7.19. The first-order valence-electron chi connectivity index (χ1n) is 9.10. The molecule has 4 aromatic rings. The summed E-state index contributed by atoms with van der Waals surface area (Å²) in [5, 5.41) is 11.0. The van der Waals surface area contributed by atoms with Gasteiger partial charge in [0.1, 0.15) is 4.88 Å². The predicted octanol–water partition coefficient (Wildman–Crippen LogP) is 4.95. The van der Waals surface area contributed by atoms with Crippen molar-refractivity contribution < 1.29 is 9.72 Å². The number of carbonyl (C=O) groups is 1. The number of anilines is 1. The van der Waals surface area contributed by atoms with Gasteiger partial charge in [-0.1, -0.05) is 41.7 Å². The maximum Gasteiger partial charge on any atom is 0.270 e. The Balaban J connectivity index is 1.71. The number of aromatic nitrogens is 2. The Labute approximate surface area is 171 Å². The van der Waals surface area contributed by atoms with E-state index < -0.39 is 4.92 Å². The minimum Gasteiger partial charge on any atom is -0.308 e. The van der Waals surface area contributed by atoms with Crippen LogP contribution in [0.4, 0.5) is 11.4 Å². The molecular weight excluding hydrogens is 388 g/mol. The van der Waals surface area contributed by atoms with Gasteiger partial charge in [0.25, 0.3) is 11.6 Å². The molecule has 29 heavy (non-hydrogen) atoms. The van der Waals surface area contributed by atoms with Gasteiger partial charge < -0.3 is 4.90 Å². The number of fused-ring (bicyclic) bond motifs is 1. The molecule has 0 bridgehead atoms. The molecule has 2 aromatic heterocycles. The van der Waals surface area contributed by atoms with E-state index in [-0.39, 0.29) is 11.6 Å². The Morgan fingerprint density at radius 2 is 1.97 bits per heavy atom. The molecule has 4 rings (SSSR count). The van der Waals surface area contributed by atoms with Crippen molar-refractivity contribution in [1.82, 2.24) is 9.38 Å². The van der Waals surface area contributed by atoms with E-state index in [0.29, 0.717) is 27.6 Å². The zero-order valence-corrected chi connectivity index (χ0v) is 16.7. The standard InChI is InChI=1S/C21H18N4O3S/c1-3-23(16-9-5-4-6-10-16)20(26)19-14(2)24-13-18(22-21(24)29-19)15-8-7-11-17(12-15)25(27)28/h4-13H,3H2,1-2H3. The van der Waals surface area contributed by atoms with Crippen molar-refractivity contribution >= 4 is 33.6 Å². The quantitative estimate of drug-likeness (QED) is 0.347. The van der Waals surface area contributed by atoms with Gasteiger partial charge in [-0.05, 0) is 26.0 Å². The number of hydrogen-bond donors (Lipinski definition) is 0. The number of hydrogen-bond acceptors (Lipinski definition) is 5. The zero-order valence-electron chi connectivity index (χ0n) is 15.9. The van der Waals surface area contributed by atoms with Crippen molar-refractivity contribution in [2.75, 3.05) is 11.4 Å². The van der Waals surface area contributed by atoms with Crippen LogP contribution in [0.25, 0.3) is 16.2 Å². The van der Waals surface area contributed by atoms with E-state index in [0.717, 1.165) is 11.4 Å². The summed E-state index contributed by atoms with van der Waals surface area (Å²) in [6.07, 6.45) is 1.82. The predicted molar refractivity (Wildman–Crippen MR) is 114 cm³/mol. The minimum absolute atomic E-state index is 0.0212. The lowest BCUT2D eigenvalue weighted by molar-refractivity contribution is -0.384. The largest absolute Gasteiger partial charge is 0.308 e. The lowest BCUT2D eigenvalue weighted by Crippen LogP contribution is -2.30. The van der Waals surface area contributed by atoms with Gasteiger partial charge in [0.05, 0.1) is 10.6 Å². The molecule has 146 valence electrons. The summed E-state index contributed by atoms with van der Waals surface area (Å²) in [4.78, 5) is 31.4. The maximum atomic E-state index is 13.2. The number of nitro benzene ring substituents is 1. The monoisotopic (exact) mass is 406 g/mol. The van der Waals surface area contributed by atoms with Crippen molar-refractivity contribution in [2.45, 2.75) is 13.8 Å². The first-order chi connectivity index (χ1) is 14.0. The van der Waals surface area contributed by atoms with Crippen LogP contribution in [0, 0.1) is 17.0 Å². The van der Waals surface area contributed by atoms with E-state index in [1.165, 1.54) is 23.5 Å². The molecule has 0 unspecified atom stereocenters. The van der Waals surface area contributed by atoms with E-state index in [1.54, 1.807) is 17.0 Å². The second kappa shape index (κ2) is 7.48. The van der Waals surface area contributed by atoms with Crippen molar-refractivity contribution in [1.29, 1.82) is 0 Å². The summed E-state index contributed by atoms with van der Waals surface area (Å²) in [6, 6.07) is 15.9. The van der Waals surface area contributed by atoms with Crippen molar-refractivity contribution in [2.24, 2.45) is 0 Å².